The highest BCUT2D eigenvalue weighted by Crippen LogP contribution is 2.67. The molecule has 9 rings (SSSR count). The number of hydrogen-bond acceptors (Lipinski definition) is 8. The molecule has 6 atom stereocenters. The molecule has 4 saturated carbocycles. The third kappa shape index (κ3) is 6.47. The molecular weight excluding hydrogens is 623 g/mol. The van der Waals surface area contributed by atoms with Crippen molar-refractivity contribution in [2.45, 2.75) is 128 Å². The first-order chi connectivity index (χ1) is 23.0. The monoisotopic (exact) mass is 675 g/mol. The number of hydrogen-bond donors (Lipinski definition) is 3. The molecule has 4 aliphatic carbocycles. The van der Waals surface area contributed by atoms with Gasteiger partial charge in [0.25, 0.3) is 0 Å². The maximum absolute atomic E-state index is 14.0. The summed E-state index contributed by atoms with van der Waals surface area (Å²) in [6.45, 7) is 10.8. The van der Waals surface area contributed by atoms with Gasteiger partial charge in [0.2, 0.25) is 15.8 Å². The summed E-state index contributed by atoms with van der Waals surface area (Å²) in [6, 6.07) is 8.68. The molecule has 3 N–H and O–H groups in total. The van der Waals surface area contributed by atoms with Crippen LogP contribution >= 0.6 is 0 Å². The minimum absolute atomic E-state index is 0.0391. The van der Waals surface area contributed by atoms with E-state index in [-0.39, 0.29) is 18.3 Å². The second kappa shape index (κ2) is 12.7. The highest BCUT2D eigenvalue weighted by atomic mass is 32.2. The van der Waals surface area contributed by atoms with E-state index in [9.17, 15) is 8.42 Å². The number of rotatable bonds is 6. The van der Waals surface area contributed by atoms with Crippen LogP contribution in [0.2, 0.25) is 0 Å². The number of fused-ring (bicyclic) bond motifs is 5. The van der Waals surface area contributed by atoms with Gasteiger partial charge in [0.05, 0.1) is 23.2 Å². The van der Waals surface area contributed by atoms with E-state index in [0.717, 1.165) is 48.9 Å². The molecule has 0 radical (unpaired) electrons. The molecule has 260 valence electrons. The Bertz CT molecular complexity index is 1720. The lowest BCUT2D eigenvalue weighted by molar-refractivity contribution is -0.139. The van der Waals surface area contributed by atoms with Gasteiger partial charge in [-0.2, -0.15) is 4.72 Å². The Morgan fingerprint density at radius 2 is 1.81 bits per heavy atom. The second-order valence-electron chi connectivity index (χ2n) is 16.2. The third-order valence-corrected chi connectivity index (χ3v) is 14.1. The molecule has 11 heteroatoms. The summed E-state index contributed by atoms with van der Waals surface area (Å²) in [5.41, 5.74) is 6.13. The summed E-state index contributed by atoms with van der Waals surface area (Å²) in [6.07, 6.45) is 12.5. The second-order valence-corrected chi connectivity index (χ2v) is 18.2. The van der Waals surface area contributed by atoms with Crippen molar-refractivity contribution in [2.24, 2.45) is 17.3 Å². The molecule has 3 aromatic rings. The van der Waals surface area contributed by atoms with Crippen molar-refractivity contribution >= 4 is 15.8 Å². The molecule has 2 saturated heterocycles. The Morgan fingerprint density at radius 3 is 2.54 bits per heavy atom. The maximum Gasteiger partial charge on any atom is 0.234 e. The van der Waals surface area contributed by atoms with E-state index in [0.29, 0.717) is 49.7 Å². The van der Waals surface area contributed by atoms with Gasteiger partial charge in [-0.25, -0.2) is 18.4 Å². The molecule has 6 fully saturated rings. The summed E-state index contributed by atoms with van der Waals surface area (Å²) in [5.74, 6) is 2.29. The molecule has 6 bridgehead atoms. The van der Waals surface area contributed by atoms with E-state index in [1.807, 2.05) is 4.40 Å². The van der Waals surface area contributed by atoms with Gasteiger partial charge < -0.3 is 4.74 Å². The lowest BCUT2D eigenvalue weighted by atomic mass is 9.43. The van der Waals surface area contributed by atoms with E-state index in [2.05, 4.69) is 84.6 Å². The number of aryl methyl sites for hydroxylation is 2. The van der Waals surface area contributed by atoms with E-state index in [1.54, 1.807) is 0 Å². The average molecular weight is 676 g/mol. The summed E-state index contributed by atoms with van der Waals surface area (Å²) in [4.78, 5) is 12.5. The molecule has 0 amide bonds. The van der Waals surface area contributed by atoms with Gasteiger partial charge in [-0.3, -0.25) is 19.9 Å². The number of nitrogens with zero attached hydrogens (tertiary/aromatic N) is 4. The number of ether oxygens (including phenoxy) is 1. The van der Waals surface area contributed by atoms with Crippen LogP contribution in [0.3, 0.4) is 0 Å². The van der Waals surface area contributed by atoms with Crippen LogP contribution in [0.5, 0.6) is 0 Å². The third-order valence-electron chi connectivity index (χ3n) is 12.2. The minimum atomic E-state index is -3.58. The SMILES string of the molecule is Cc1cccc(C)c1C1CC2NC(N1)NS(=O)(=O)C1CCCC(C1)CN(Cc1ccn3cc(C(C)C)nc3n1)[C@H](CC13CC(C1)C3)CO2. The van der Waals surface area contributed by atoms with Crippen molar-refractivity contribution in [1.82, 2.24) is 34.6 Å². The van der Waals surface area contributed by atoms with E-state index in [1.165, 1.54) is 36.0 Å². The Hall–Kier alpha value is -2.41. The number of nitrogens with one attached hydrogen (secondary N) is 3. The highest BCUT2D eigenvalue weighted by Gasteiger charge is 2.57. The van der Waals surface area contributed by atoms with Gasteiger partial charge in [0.15, 0.2) is 0 Å². The average Bonchev–Trinajstić information content (AvgIpc) is 3.43. The minimum Gasteiger partial charge on any atom is -0.362 e. The Morgan fingerprint density at radius 1 is 1.02 bits per heavy atom. The summed E-state index contributed by atoms with van der Waals surface area (Å²) < 4.78 is 39.9. The molecule has 6 aliphatic rings. The van der Waals surface area contributed by atoms with Crippen LogP contribution < -0.4 is 15.4 Å². The summed E-state index contributed by atoms with van der Waals surface area (Å²) >= 11 is 0. The zero-order valence-electron chi connectivity index (χ0n) is 29.0. The van der Waals surface area contributed by atoms with Crippen molar-refractivity contribution < 1.29 is 13.2 Å². The van der Waals surface area contributed by atoms with Gasteiger partial charge in [-0.1, -0.05) is 38.5 Å². The van der Waals surface area contributed by atoms with Crippen LogP contribution in [0.1, 0.15) is 112 Å². The number of sulfonamides is 1. The molecule has 4 heterocycles. The first kappa shape index (κ1) is 32.8. The number of imidazole rings is 1. The number of benzene rings is 1. The Balaban J connectivity index is 1.13. The summed E-state index contributed by atoms with van der Waals surface area (Å²) in [5, 5.41) is 6.71. The first-order valence-corrected chi connectivity index (χ1v) is 19.9. The predicted octanol–water partition coefficient (Wildman–Crippen LogP) is 5.27. The number of aromatic nitrogens is 3. The largest absolute Gasteiger partial charge is 0.362 e. The smallest absolute Gasteiger partial charge is 0.234 e. The van der Waals surface area contributed by atoms with Crippen LogP contribution in [0.25, 0.3) is 5.78 Å². The maximum atomic E-state index is 14.0. The van der Waals surface area contributed by atoms with E-state index >= 15 is 0 Å². The van der Waals surface area contributed by atoms with Gasteiger partial charge in [-0.15, -0.1) is 0 Å². The van der Waals surface area contributed by atoms with Crippen molar-refractivity contribution in [3.8, 4) is 0 Å². The quantitative estimate of drug-likeness (QED) is 0.324. The van der Waals surface area contributed by atoms with Crippen LogP contribution in [-0.4, -0.2) is 64.6 Å². The van der Waals surface area contributed by atoms with Gasteiger partial charge in [0, 0.05) is 44.0 Å². The van der Waals surface area contributed by atoms with E-state index < -0.39 is 21.6 Å². The fourth-order valence-corrected chi connectivity index (χ4v) is 11.3. The van der Waals surface area contributed by atoms with Gasteiger partial charge >= 0.3 is 0 Å². The molecule has 2 aromatic heterocycles. The molecule has 5 unspecified atom stereocenters. The van der Waals surface area contributed by atoms with E-state index in [4.69, 9.17) is 14.7 Å². The molecule has 1 aromatic carbocycles. The van der Waals surface area contributed by atoms with Crippen molar-refractivity contribution in [3.05, 3.63) is 64.7 Å². The van der Waals surface area contributed by atoms with Crippen LogP contribution in [-0.2, 0) is 21.3 Å². The Kier molecular flexibility index (Phi) is 8.69. The summed E-state index contributed by atoms with van der Waals surface area (Å²) in [7, 11) is -3.58. The van der Waals surface area contributed by atoms with Gasteiger partial charge in [0.1, 0.15) is 12.5 Å². The molecule has 48 heavy (non-hydrogen) atoms. The van der Waals surface area contributed by atoms with Crippen LogP contribution in [0.4, 0.5) is 0 Å². The van der Waals surface area contributed by atoms with Crippen molar-refractivity contribution in [3.63, 3.8) is 0 Å². The van der Waals surface area contributed by atoms with Crippen LogP contribution in [0.15, 0.2) is 36.7 Å². The highest BCUT2D eigenvalue weighted by molar-refractivity contribution is 7.90. The lowest BCUT2D eigenvalue weighted by Gasteiger charge is -2.63. The topological polar surface area (TPSA) is 113 Å². The lowest BCUT2D eigenvalue weighted by Crippen LogP contribution is -2.64. The molecular formula is C37H53N7O3S. The molecule has 10 nitrogen and oxygen atoms in total. The standard InChI is InChI=1S/C37H53N7O3S/c1-23(2)32-21-43-12-11-28(38-36(43)40-32)20-44-19-26-9-6-10-30(13-26)48(45,46)42-35-39-31(34-24(3)7-5-8-25(34)4)14-33(41-35)47-22-29(44)18-37-15-27(16-37)17-37/h5,7-8,11-12,21,23,26-27,29-31,33,35,39,41-42H,6,9-10,13-20,22H2,1-4H3/t26?,27?,29-,30?,31?,33?,35?,37?/m1/s1. The van der Waals surface area contributed by atoms with Crippen LogP contribution in [0, 0.1) is 31.1 Å². The van der Waals surface area contributed by atoms with Crippen molar-refractivity contribution in [1.29, 1.82) is 0 Å². The zero-order chi connectivity index (χ0) is 33.2. The van der Waals surface area contributed by atoms with Gasteiger partial charge in [-0.05, 0) is 105 Å². The fourth-order valence-electron chi connectivity index (χ4n) is 9.60. The molecule has 2 aliphatic heterocycles. The normalized spacial score (nSPS) is 35.2. The fraction of sp³-hybridized carbons (Fsp3) is 0.676. The Labute approximate surface area is 285 Å². The first-order valence-electron chi connectivity index (χ1n) is 18.3. The molecule has 0 spiro atoms. The predicted molar refractivity (Wildman–Crippen MR) is 187 cm³/mol. The zero-order valence-corrected chi connectivity index (χ0v) is 29.8. The van der Waals surface area contributed by atoms with Crippen molar-refractivity contribution in [2.75, 3.05) is 13.2 Å².